The van der Waals surface area contributed by atoms with E-state index in [0.29, 0.717) is 11.2 Å². The van der Waals surface area contributed by atoms with Gasteiger partial charge in [0.25, 0.3) is 6.01 Å². The van der Waals surface area contributed by atoms with Crippen molar-refractivity contribution in [2.45, 2.75) is 6.92 Å². The van der Waals surface area contributed by atoms with Gasteiger partial charge in [0.1, 0.15) is 5.52 Å². The Hall–Kier alpha value is -1.58. The molecule has 0 aliphatic carbocycles. The Bertz CT molecular complexity index is 393. The number of hydrogen-bond donors (Lipinski definition) is 1. The van der Waals surface area contributed by atoms with Gasteiger partial charge in [-0.2, -0.15) is 4.98 Å². The van der Waals surface area contributed by atoms with E-state index in [1.807, 2.05) is 13.0 Å². The maximum atomic E-state index is 5.32. The van der Waals surface area contributed by atoms with E-state index in [9.17, 15) is 0 Å². The van der Waals surface area contributed by atoms with Gasteiger partial charge < -0.3 is 10.2 Å². The molecule has 0 amide bonds. The minimum absolute atomic E-state index is 0.165. The molecule has 56 valence electrons. The lowest BCUT2D eigenvalue weighted by Crippen LogP contribution is -1.80. The smallest absolute Gasteiger partial charge is 0.294 e. The second-order valence-corrected chi connectivity index (χ2v) is 2.39. The van der Waals surface area contributed by atoms with Crippen LogP contribution in [0.25, 0.3) is 11.2 Å². The molecular weight excluding hydrogens is 142 g/mol. The molecule has 0 radical (unpaired) electrons. The fraction of sp³-hybridized carbons (Fsp3) is 0.143. The topological polar surface area (TPSA) is 64.9 Å². The van der Waals surface area contributed by atoms with E-state index < -0.39 is 0 Å². The van der Waals surface area contributed by atoms with Crippen molar-refractivity contribution in [1.29, 1.82) is 0 Å². The summed E-state index contributed by atoms with van der Waals surface area (Å²) >= 11 is 0. The van der Waals surface area contributed by atoms with Crippen LogP contribution in [0.4, 0.5) is 6.01 Å². The number of nitrogens with zero attached hydrogens (tertiary/aromatic N) is 2. The highest BCUT2D eigenvalue weighted by molar-refractivity contribution is 5.70. The van der Waals surface area contributed by atoms with Gasteiger partial charge in [0.2, 0.25) is 5.71 Å². The summed E-state index contributed by atoms with van der Waals surface area (Å²) in [4.78, 5) is 7.92. The number of hydrogen-bond acceptors (Lipinski definition) is 4. The minimum Gasteiger partial charge on any atom is -0.405 e. The van der Waals surface area contributed by atoms with E-state index in [4.69, 9.17) is 10.2 Å². The molecule has 0 aliphatic rings. The summed E-state index contributed by atoms with van der Waals surface area (Å²) in [7, 11) is 0. The summed E-state index contributed by atoms with van der Waals surface area (Å²) in [5, 5.41) is 0. The number of aromatic nitrogens is 2. The van der Waals surface area contributed by atoms with Crippen molar-refractivity contribution < 1.29 is 4.42 Å². The molecule has 2 aromatic rings. The number of pyridine rings is 1. The van der Waals surface area contributed by atoms with Crippen molar-refractivity contribution in [1.82, 2.24) is 9.97 Å². The maximum absolute atomic E-state index is 5.32. The number of oxazole rings is 1. The first-order valence-corrected chi connectivity index (χ1v) is 3.24. The third-order valence-corrected chi connectivity index (χ3v) is 1.40. The third-order valence-electron chi connectivity index (χ3n) is 1.40. The molecule has 2 N–H and O–H groups in total. The quantitative estimate of drug-likeness (QED) is 0.609. The van der Waals surface area contributed by atoms with Crippen LogP contribution in [0.2, 0.25) is 0 Å². The number of rotatable bonds is 0. The van der Waals surface area contributed by atoms with Crippen LogP contribution in [-0.2, 0) is 0 Å². The maximum Gasteiger partial charge on any atom is 0.294 e. The Labute approximate surface area is 63.1 Å². The number of aryl methyl sites for hydroxylation is 1. The van der Waals surface area contributed by atoms with Crippen LogP contribution in [0.3, 0.4) is 0 Å². The molecule has 4 heteroatoms. The molecule has 0 atom stereocenters. The molecule has 11 heavy (non-hydrogen) atoms. The van der Waals surface area contributed by atoms with Crippen molar-refractivity contribution in [2.24, 2.45) is 0 Å². The van der Waals surface area contributed by atoms with Crippen molar-refractivity contribution >= 4 is 17.2 Å². The van der Waals surface area contributed by atoms with Crippen molar-refractivity contribution in [2.75, 3.05) is 5.73 Å². The van der Waals surface area contributed by atoms with E-state index in [1.54, 1.807) is 6.20 Å². The van der Waals surface area contributed by atoms with Gasteiger partial charge in [-0.3, -0.25) is 0 Å². The summed E-state index contributed by atoms with van der Waals surface area (Å²) in [6, 6.07) is 2.04. The summed E-state index contributed by atoms with van der Waals surface area (Å²) in [5.74, 6) is 0. The second kappa shape index (κ2) is 1.95. The number of anilines is 1. The summed E-state index contributed by atoms with van der Waals surface area (Å²) in [5.41, 5.74) is 7.57. The van der Waals surface area contributed by atoms with Crippen LogP contribution in [0.15, 0.2) is 16.7 Å². The zero-order valence-corrected chi connectivity index (χ0v) is 6.03. The van der Waals surface area contributed by atoms with Gasteiger partial charge in [0, 0.05) is 6.20 Å². The number of fused-ring (bicyclic) bond motifs is 1. The van der Waals surface area contributed by atoms with Gasteiger partial charge in [-0.15, -0.1) is 0 Å². The van der Waals surface area contributed by atoms with E-state index in [2.05, 4.69) is 9.97 Å². The van der Waals surface area contributed by atoms with Crippen LogP contribution in [0, 0.1) is 6.92 Å². The summed E-state index contributed by atoms with van der Waals surface area (Å²) in [6.07, 6.45) is 1.72. The summed E-state index contributed by atoms with van der Waals surface area (Å²) < 4.78 is 4.98. The van der Waals surface area contributed by atoms with Crippen LogP contribution in [0.1, 0.15) is 5.56 Å². The van der Waals surface area contributed by atoms with Crippen molar-refractivity contribution in [3.05, 3.63) is 17.8 Å². The molecule has 2 rings (SSSR count). The number of nitrogens with two attached hydrogens (primary N) is 1. The van der Waals surface area contributed by atoms with Crippen LogP contribution in [0.5, 0.6) is 0 Å². The second-order valence-electron chi connectivity index (χ2n) is 2.39. The first kappa shape index (κ1) is 6.15. The lowest BCUT2D eigenvalue weighted by atomic mass is 10.3. The molecule has 0 aliphatic heterocycles. The lowest BCUT2D eigenvalue weighted by molar-refractivity contribution is 0.614. The Morgan fingerprint density at radius 1 is 1.55 bits per heavy atom. The first-order chi connectivity index (χ1) is 5.25. The third kappa shape index (κ3) is 0.920. The molecule has 0 fully saturated rings. The van der Waals surface area contributed by atoms with Crippen LogP contribution < -0.4 is 5.73 Å². The highest BCUT2D eigenvalue weighted by Gasteiger charge is 2.01. The average molecular weight is 149 g/mol. The van der Waals surface area contributed by atoms with E-state index in [0.717, 1.165) is 5.56 Å². The average Bonchev–Trinajstić information content (AvgIpc) is 2.27. The van der Waals surface area contributed by atoms with Gasteiger partial charge >= 0.3 is 0 Å². The van der Waals surface area contributed by atoms with Gasteiger partial charge in [0.05, 0.1) is 0 Å². The minimum atomic E-state index is 0.165. The molecule has 0 unspecified atom stereocenters. The first-order valence-electron chi connectivity index (χ1n) is 3.24. The SMILES string of the molecule is Cc1cnc2oc(N)nc2c1. The predicted molar refractivity (Wildman–Crippen MR) is 41.0 cm³/mol. The zero-order valence-electron chi connectivity index (χ0n) is 6.03. The summed E-state index contributed by atoms with van der Waals surface area (Å²) in [6.45, 7) is 1.94. The molecule has 2 aromatic heterocycles. The largest absolute Gasteiger partial charge is 0.405 e. The van der Waals surface area contributed by atoms with E-state index in [1.165, 1.54) is 0 Å². The van der Waals surface area contributed by atoms with Gasteiger partial charge in [-0.25, -0.2) is 4.98 Å². The standard InChI is InChI=1S/C7H7N3O/c1-4-2-5-6(9-3-4)11-7(8)10-5/h2-3H,1H3,(H2,8,10). The monoisotopic (exact) mass is 149 g/mol. The molecule has 0 aromatic carbocycles. The van der Waals surface area contributed by atoms with Gasteiger partial charge in [-0.1, -0.05) is 0 Å². The Balaban J connectivity index is 2.82. The Morgan fingerprint density at radius 3 is 3.18 bits per heavy atom. The van der Waals surface area contributed by atoms with Crippen LogP contribution in [-0.4, -0.2) is 9.97 Å². The van der Waals surface area contributed by atoms with Crippen LogP contribution >= 0.6 is 0 Å². The number of nitrogen functional groups attached to an aromatic ring is 1. The van der Waals surface area contributed by atoms with E-state index in [-0.39, 0.29) is 6.01 Å². The lowest BCUT2D eigenvalue weighted by Gasteiger charge is -1.86. The van der Waals surface area contributed by atoms with E-state index >= 15 is 0 Å². The predicted octanol–water partition coefficient (Wildman–Crippen LogP) is 1.11. The molecule has 0 bridgehead atoms. The highest BCUT2D eigenvalue weighted by Crippen LogP contribution is 2.14. The normalized spacial score (nSPS) is 10.6. The molecule has 0 saturated heterocycles. The fourth-order valence-corrected chi connectivity index (χ4v) is 0.941. The molecule has 0 saturated carbocycles. The Kier molecular flexibility index (Phi) is 1.09. The van der Waals surface area contributed by atoms with Gasteiger partial charge in [0.15, 0.2) is 0 Å². The Morgan fingerprint density at radius 2 is 2.36 bits per heavy atom. The zero-order chi connectivity index (χ0) is 7.84. The van der Waals surface area contributed by atoms with Crippen molar-refractivity contribution in [3.63, 3.8) is 0 Å². The molecule has 2 heterocycles. The highest BCUT2D eigenvalue weighted by atomic mass is 16.4. The molecule has 0 spiro atoms. The van der Waals surface area contributed by atoms with Gasteiger partial charge in [-0.05, 0) is 18.6 Å². The fourth-order valence-electron chi connectivity index (χ4n) is 0.941. The van der Waals surface area contributed by atoms with Crippen molar-refractivity contribution in [3.8, 4) is 0 Å². The molecule has 4 nitrogen and oxygen atoms in total. The molecular formula is C7H7N3O.